The second-order valence-electron chi connectivity index (χ2n) is 3.49. The van der Waals surface area contributed by atoms with Gasteiger partial charge in [-0.3, -0.25) is 4.98 Å². The van der Waals surface area contributed by atoms with E-state index < -0.39 is 0 Å². The Kier molecular flexibility index (Phi) is 2.00. The average molecular weight is 187 g/mol. The third-order valence-electron chi connectivity index (χ3n) is 2.31. The van der Waals surface area contributed by atoms with Crippen LogP contribution in [0.1, 0.15) is 0 Å². The third-order valence-corrected chi connectivity index (χ3v) is 2.31. The average Bonchev–Trinajstić information content (AvgIpc) is 2.18. The van der Waals surface area contributed by atoms with E-state index in [-0.39, 0.29) is 0 Å². The van der Waals surface area contributed by atoms with Crippen molar-refractivity contribution in [2.24, 2.45) is 0 Å². The largest absolute Gasteiger partial charge is 0.398 e. The van der Waals surface area contributed by atoms with Crippen LogP contribution in [0.4, 0.5) is 11.4 Å². The molecule has 1 heterocycles. The Morgan fingerprint density at radius 1 is 1.14 bits per heavy atom. The summed E-state index contributed by atoms with van der Waals surface area (Å²) in [5.74, 6) is 0. The van der Waals surface area contributed by atoms with Gasteiger partial charge in [0.15, 0.2) is 0 Å². The number of nitrogens with two attached hydrogens (primary N) is 1. The number of benzene rings is 1. The van der Waals surface area contributed by atoms with Gasteiger partial charge in [-0.25, -0.2) is 0 Å². The summed E-state index contributed by atoms with van der Waals surface area (Å²) in [6, 6.07) is 5.88. The van der Waals surface area contributed by atoms with Gasteiger partial charge in [0.2, 0.25) is 0 Å². The first-order valence-corrected chi connectivity index (χ1v) is 4.49. The lowest BCUT2D eigenvalue weighted by atomic mass is 10.1. The third kappa shape index (κ3) is 1.27. The van der Waals surface area contributed by atoms with Crippen molar-refractivity contribution in [3.63, 3.8) is 0 Å². The van der Waals surface area contributed by atoms with Crippen LogP contribution in [0, 0.1) is 0 Å². The fraction of sp³-hybridized carbons (Fsp3) is 0.182. The molecule has 1 aromatic carbocycles. The quantitative estimate of drug-likeness (QED) is 0.693. The predicted octanol–water partition coefficient (Wildman–Crippen LogP) is 1.88. The molecule has 3 heteroatoms. The smallest absolute Gasteiger partial charge is 0.0457 e. The molecule has 0 aliphatic carbocycles. The summed E-state index contributed by atoms with van der Waals surface area (Å²) in [7, 11) is 4.02. The Morgan fingerprint density at radius 3 is 2.64 bits per heavy atom. The molecule has 1 aromatic heterocycles. The van der Waals surface area contributed by atoms with Crippen LogP contribution >= 0.6 is 0 Å². The normalized spacial score (nSPS) is 10.4. The molecule has 2 rings (SSSR count). The van der Waals surface area contributed by atoms with Gasteiger partial charge in [-0.05, 0) is 18.2 Å². The molecule has 0 unspecified atom stereocenters. The molecule has 0 spiro atoms. The maximum absolute atomic E-state index is 5.88. The van der Waals surface area contributed by atoms with Gasteiger partial charge in [0, 0.05) is 48.6 Å². The van der Waals surface area contributed by atoms with Crippen LogP contribution in [-0.4, -0.2) is 19.1 Å². The molecule has 0 atom stereocenters. The number of rotatable bonds is 1. The molecule has 0 radical (unpaired) electrons. The molecular weight excluding hydrogens is 174 g/mol. The topological polar surface area (TPSA) is 42.1 Å². The zero-order chi connectivity index (χ0) is 10.1. The van der Waals surface area contributed by atoms with E-state index in [1.165, 1.54) is 0 Å². The minimum Gasteiger partial charge on any atom is -0.398 e. The van der Waals surface area contributed by atoms with Crippen LogP contribution in [0.3, 0.4) is 0 Å². The van der Waals surface area contributed by atoms with Gasteiger partial charge in [0.25, 0.3) is 0 Å². The van der Waals surface area contributed by atoms with Gasteiger partial charge in [-0.15, -0.1) is 0 Å². The molecule has 0 fully saturated rings. The predicted molar refractivity (Wildman–Crippen MR) is 60.5 cm³/mol. The minimum atomic E-state index is 0.799. The number of hydrogen-bond acceptors (Lipinski definition) is 3. The van der Waals surface area contributed by atoms with E-state index in [2.05, 4.69) is 9.88 Å². The number of anilines is 2. The molecule has 0 aliphatic rings. The fourth-order valence-electron chi connectivity index (χ4n) is 1.59. The summed E-state index contributed by atoms with van der Waals surface area (Å²) in [5.41, 5.74) is 7.82. The van der Waals surface area contributed by atoms with Crippen molar-refractivity contribution in [2.45, 2.75) is 0 Å². The highest BCUT2D eigenvalue weighted by Gasteiger charge is 2.04. The van der Waals surface area contributed by atoms with E-state index in [4.69, 9.17) is 5.73 Å². The molecule has 0 amide bonds. The van der Waals surface area contributed by atoms with Crippen molar-refractivity contribution in [3.05, 3.63) is 30.6 Å². The highest BCUT2D eigenvalue weighted by atomic mass is 15.1. The van der Waals surface area contributed by atoms with Crippen LogP contribution in [0.2, 0.25) is 0 Å². The van der Waals surface area contributed by atoms with Gasteiger partial charge in [0.05, 0.1) is 0 Å². The first kappa shape index (κ1) is 8.81. The van der Waals surface area contributed by atoms with Crippen molar-refractivity contribution >= 4 is 22.1 Å². The monoisotopic (exact) mass is 187 g/mol. The van der Waals surface area contributed by atoms with Crippen LogP contribution < -0.4 is 10.6 Å². The van der Waals surface area contributed by atoms with Crippen molar-refractivity contribution in [1.29, 1.82) is 0 Å². The Labute approximate surface area is 83.2 Å². The molecular formula is C11H13N3. The summed E-state index contributed by atoms with van der Waals surface area (Å²) < 4.78 is 0. The number of hydrogen-bond donors (Lipinski definition) is 1. The highest BCUT2D eigenvalue weighted by molar-refractivity contribution is 6.00. The standard InChI is InChI=1S/C11H13N3/c1-14(2)11-4-3-10(12)8-5-6-13-7-9(8)11/h3-7H,12H2,1-2H3. The lowest BCUT2D eigenvalue weighted by Gasteiger charge is -2.15. The second-order valence-corrected chi connectivity index (χ2v) is 3.49. The van der Waals surface area contributed by atoms with E-state index in [9.17, 15) is 0 Å². The zero-order valence-corrected chi connectivity index (χ0v) is 8.36. The Morgan fingerprint density at radius 2 is 1.93 bits per heavy atom. The van der Waals surface area contributed by atoms with Crippen molar-refractivity contribution in [2.75, 3.05) is 24.7 Å². The van der Waals surface area contributed by atoms with Gasteiger partial charge >= 0.3 is 0 Å². The van der Waals surface area contributed by atoms with E-state index in [0.29, 0.717) is 0 Å². The van der Waals surface area contributed by atoms with Crippen molar-refractivity contribution < 1.29 is 0 Å². The number of nitrogens with zero attached hydrogens (tertiary/aromatic N) is 2. The number of fused-ring (bicyclic) bond motifs is 1. The summed E-state index contributed by atoms with van der Waals surface area (Å²) >= 11 is 0. The molecule has 3 nitrogen and oxygen atoms in total. The summed E-state index contributed by atoms with van der Waals surface area (Å²) in [6.07, 6.45) is 3.61. The maximum Gasteiger partial charge on any atom is 0.0457 e. The van der Waals surface area contributed by atoms with Crippen molar-refractivity contribution in [3.8, 4) is 0 Å². The van der Waals surface area contributed by atoms with Crippen LogP contribution in [0.25, 0.3) is 10.8 Å². The Bertz CT molecular complexity index is 463. The first-order chi connectivity index (χ1) is 6.70. The fourth-order valence-corrected chi connectivity index (χ4v) is 1.59. The van der Waals surface area contributed by atoms with E-state index in [1.807, 2.05) is 38.5 Å². The highest BCUT2D eigenvalue weighted by Crippen LogP contribution is 2.28. The molecule has 2 N–H and O–H groups in total. The summed E-state index contributed by atoms with van der Waals surface area (Å²) in [6.45, 7) is 0. The van der Waals surface area contributed by atoms with Crippen molar-refractivity contribution in [1.82, 2.24) is 4.98 Å². The van der Waals surface area contributed by atoms with Crippen LogP contribution in [-0.2, 0) is 0 Å². The maximum atomic E-state index is 5.88. The molecule has 72 valence electrons. The second kappa shape index (κ2) is 3.18. The Balaban J connectivity index is 2.82. The molecule has 0 saturated heterocycles. The minimum absolute atomic E-state index is 0.799. The lowest BCUT2D eigenvalue weighted by Crippen LogP contribution is -2.09. The van der Waals surface area contributed by atoms with E-state index in [0.717, 1.165) is 22.1 Å². The summed E-state index contributed by atoms with van der Waals surface area (Å²) in [5, 5.41) is 2.16. The molecule has 2 aromatic rings. The SMILES string of the molecule is CN(C)c1ccc(N)c2ccncc12. The molecule has 0 aliphatic heterocycles. The molecule has 0 saturated carbocycles. The number of pyridine rings is 1. The number of aromatic nitrogens is 1. The van der Waals surface area contributed by atoms with E-state index >= 15 is 0 Å². The Hall–Kier alpha value is -1.77. The van der Waals surface area contributed by atoms with Gasteiger partial charge in [-0.2, -0.15) is 0 Å². The number of nitrogen functional groups attached to an aromatic ring is 1. The van der Waals surface area contributed by atoms with Gasteiger partial charge in [-0.1, -0.05) is 0 Å². The summed E-state index contributed by atoms with van der Waals surface area (Å²) in [4.78, 5) is 6.17. The zero-order valence-electron chi connectivity index (χ0n) is 8.36. The lowest BCUT2D eigenvalue weighted by molar-refractivity contribution is 1.14. The molecule has 0 bridgehead atoms. The first-order valence-electron chi connectivity index (χ1n) is 4.49. The van der Waals surface area contributed by atoms with Gasteiger partial charge in [0.1, 0.15) is 0 Å². The van der Waals surface area contributed by atoms with E-state index in [1.54, 1.807) is 6.20 Å². The van der Waals surface area contributed by atoms with Gasteiger partial charge < -0.3 is 10.6 Å². The molecule has 14 heavy (non-hydrogen) atoms. The van der Waals surface area contributed by atoms with Crippen LogP contribution in [0.15, 0.2) is 30.6 Å². The van der Waals surface area contributed by atoms with Crippen LogP contribution in [0.5, 0.6) is 0 Å².